The minimum Gasteiger partial charge on any atom is -0.494 e. The molecule has 1 N–H and O–H groups in total. The van der Waals surface area contributed by atoms with Crippen molar-refractivity contribution < 1.29 is 4.74 Å². The third-order valence-electron chi connectivity index (χ3n) is 4.25. The highest BCUT2D eigenvalue weighted by Gasteiger charge is 2.28. The molecular weight excluding hydrogens is 236 g/mol. The summed E-state index contributed by atoms with van der Waals surface area (Å²) in [4.78, 5) is 2.59. The Hall–Kier alpha value is -1.06. The molecule has 2 aliphatic heterocycles. The Labute approximate surface area is 115 Å². The fourth-order valence-electron chi connectivity index (χ4n) is 3.27. The number of nitrogens with one attached hydrogen (secondary N) is 1. The highest BCUT2D eigenvalue weighted by Crippen LogP contribution is 2.22. The normalized spacial score (nSPS) is 27.2. The Balaban J connectivity index is 1.58. The third kappa shape index (κ3) is 3.28. The van der Waals surface area contributed by atoms with Crippen molar-refractivity contribution >= 4 is 0 Å². The van der Waals surface area contributed by atoms with Gasteiger partial charge >= 0.3 is 0 Å². The molecule has 2 bridgehead atoms. The molecule has 2 aliphatic rings. The molecular formula is C16H24N2O. The van der Waals surface area contributed by atoms with Gasteiger partial charge in [-0.05, 0) is 43.9 Å². The van der Waals surface area contributed by atoms with E-state index in [2.05, 4.69) is 34.5 Å². The van der Waals surface area contributed by atoms with Gasteiger partial charge < -0.3 is 10.1 Å². The monoisotopic (exact) mass is 260 g/mol. The number of likely N-dealkylation sites (tertiary alicyclic amines) is 1. The Kier molecular flexibility index (Phi) is 4.04. The molecule has 3 rings (SSSR count). The Morgan fingerprint density at radius 1 is 1.16 bits per heavy atom. The molecule has 0 aromatic heterocycles. The van der Waals surface area contributed by atoms with Gasteiger partial charge in [-0.1, -0.05) is 12.1 Å². The van der Waals surface area contributed by atoms with Gasteiger partial charge in [0.25, 0.3) is 0 Å². The van der Waals surface area contributed by atoms with E-state index in [0.717, 1.165) is 31.0 Å². The second-order valence-electron chi connectivity index (χ2n) is 5.74. The zero-order valence-corrected chi connectivity index (χ0v) is 11.8. The summed E-state index contributed by atoms with van der Waals surface area (Å²) in [5, 5.41) is 3.73. The molecule has 2 saturated heterocycles. The van der Waals surface area contributed by atoms with E-state index in [9.17, 15) is 0 Å². The number of hydrogen-bond donors (Lipinski definition) is 1. The second-order valence-corrected chi connectivity index (χ2v) is 5.74. The smallest absolute Gasteiger partial charge is 0.119 e. The molecule has 1 aromatic carbocycles. The number of rotatable bonds is 4. The first-order valence-corrected chi connectivity index (χ1v) is 7.53. The van der Waals surface area contributed by atoms with Gasteiger partial charge in [0.05, 0.1) is 6.61 Å². The van der Waals surface area contributed by atoms with Crippen molar-refractivity contribution in [3.05, 3.63) is 29.8 Å². The van der Waals surface area contributed by atoms with E-state index in [1.54, 1.807) is 0 Å². The van der Waals surface area contributed by atoms with Gasteiger partial charge in [0.2, 0.25) is 0 Å². The molecule has 2 fully saturated rings. The molecule has 104 valence electrons. The molecule has 3 heteroatoms. The van der Waals surface area contributed by atoms with E-state index >= 15 is 0 Å². The molecule has 0 spiro atoms. The number of fused-ring (bicyclic) bond motifs is 2. The lowest BCUT2D eigenvalue weighted by molar-refractivity contribution is 0.251. The van der Waals surface area contributed by atoms with E-state index in [1.807, 2.05) is 6.92 Å². The summed E-state index contributed by atoms with van der Waals surface area (Å²) in [6.45, 7) is 6.25. The van der Waals surface area contributed by atoms with E-state index < -0.39 is 0 Å². The second kappa shape index (κ2) is 5.93. The van der Waals surface area contributed by atoms with Crippen molar-refractivity contribution in [1.29, 1.82) is 0 Å². The van der Waals surface area contributed by atoms with E-state index in [4.69, 9.17) is 4.74 Å². The molecule has 0 radical (unpaired) electrons. The summed E-state index contributed by atoms with van der Waals surface area (Å²) in [5.74, 6) is 0.975. The highest BCUT2D eigenvalue weighted by atomic mass is 16.5. The maximum Gasteiger partial charge on any atom is 0.119 e. The average molecular weight is 260 g/mol. The lowest BCUT2D eigenvalue weighted by Crippen LogP contribution is -2.34. The average Bonchev–Trinajstić information content (AvgIpc) is 2.75. The van der Waals surface area contributed by atoms with Gasteiger partial charge in [-0.25, -0.2) is 0 Å². The first kappa shape index (κ1) is 12.9. The van der Waals surface area contributed by atoms with Gasteiger partial charge in [-0.3, -0.25) is 4.90 Å². The topological polar surface area (TPSA) is 24.5 Å². The van der Waals surface area contributed by atoms with Crippen LogP contribution in [0.4, 0.5) is 0 Å². The lowest BCUT2D eigenvalue weighted by Gasteiger charge is -2.24. The zero-order valence-electron chi connectivity index (χ0n) is 11.8. The Morgan fingerprint density at radius 2 is 1.95 bits per heavy atom. The van der Waals surface area contributed by atoms with Crippen molar-refractivity contribution in [3.8, 4) is 5.75 Å². The summed E-state index contributed by atoms with van der Waals surface area (Å²) >= 11 is 0. The number of benzene rings is 1. The third-order valence-corrected chi connectivity index (χ3v) is 4.25. The maximum absolute atomic E-state index is 5.49. The summed E-state index contributed by atoms with van der Waals surface area (Å²) in [7, 11) is 0. The van der Waals surface area contributed by atoms with Crippen LogP contribution in [-0.2, 0) is 6.54 Å². The van der Waals surface area contributed by atoms with Gasteiger partial charge in [0.15, 0.2) is 0 Å². The standard InChI is InChI=1S/C16H24N2O/c1-2-19-16-7-3-13(4-8-16)11-18-10-9-14-5-6-15(12-18)17-14/h3-4,7-8,14-15,17H,2,5-6,9-12H2,1H3. The zero-order chi connectivity index (χ0) is 13.1. The molecule has 0 aliphatic carbocycles. The fourth-order valence-corrected chi connectivity index (χ4v) is 3.27. The number of ether oxygens (including phenoxy) is 1. The van der Waals surface area contributed by atoms with Crippen LogP contribution < -0.4 is 10.1 Å². The first-order chi connectivity index (χ1) is 9.33. The van der Waals surface area contributed by atoms with Crippen LogP contribution in [0.1, 0.15) is 31.7 Å². The van der Waals surface area contributed by atoms with Crippen LogP contribution in [0.5, 0.6) is 5.75 Å². The number of nitrogens with zero attached hydrogens (tertiary/aromatic N) is 1. The minimum absolute atomic E-state index is 0.718. The molecule has 2 atom stereocenters. The number of hydrogen-bond acceptors (Lipinski definition) is 3. The van der Waals surface area contributed by atoms with Crippen LogP contribution >= 0.6 is 0 Å². The molecule has 2 unspecified atom stereocenters. The predicted octanol–water partition coefficient (Wildman–Crippen LogP) is 2.41. The molecule has 0 saturated carbocycles. The molecule has 2 heterocycles. The van der Waals surface area contributed by atoms with Gasteiger partial charge in [0.1, 0.15) is 5.75 Å². The van der Waals surface area contributed by atoms with Crippen molar-refractivity contribution in [3.63, 3.8) is 0 Å². The van der Waals surface area contributed by atoms with Crippen LogP contribution in [0.3, 0.4) is 0 Å². The van der Waals surface area contributed by atoms with Gasteiger partial charge in [0, 0.05) is 31.7 Å². The molecule has 19 heavy (non-hydrogen) atoms. The van der Waals surface area contributed by atoms with Gasteiger partial charge in [-0.15, -0.1) is 0 Å². The van der Waals surface area contributed by atoms with Crippen molar-refractivity contribution in [2.75, 3.05) is 19.7 Å². The maximum atomic E-state index is 5.49. The van der Waals surface area contributed by atoms with Crippen molar-refractivity contribution in [1.82, 2.24) is 10.2 Å². The first-order valence-electron chi connectivity index (χ1n) is 7.53. The van der Waals surface area contributed by atoms with Crippen LogP contribution in [0.25, 0.3) is 0 Å². The molecule has 1 aromatic rings. The molecule has 0 amide bonds. The van der Waals surface area contributed by atoms with E-state index in [0.29, 0.717) is 0 Å². The summed E-state index contributed by atoms with van der Waals surface area (Å²) in [6.07, 6.45) is 4.03. The lowest BCUT2D eigenvalue weighted by atomic mass is 10.1. The summed E-state index contributed by atoms with van der Waals surface area (Å²) in [6, 6.07) is 10.1. The SMILES string of the molecule is CCOc1ccc(CN2CCC3CCC(C2)N3)cc1. The van der Waals surface area contributed by atoms with Crippen molar-refractivity contribution in [2.45, 2.75) is 44.8 Å². The predicted molar refractivity (Wildman–Crippen MR) is 77.5 cm³/mol. The summed E-state index contributed by atoms with van der Waals surface area (Å²) < 4.78 is 5.49. The minimum atomic E-state index is 0.718. The van der Waals surface area contributed by atoms with E-state index in [-0.39, 0.29) is 0 Å². The Bertz CT molecular complexity index is 404. The summed E-state index contributed by atoms with van der Waals surface area (Å²) in [5.41, 5.74) is 1.39. The van der Waals surface area contributed by atoms with Crippen LogP contribution in [-0.4, -0.2) is 36.7 Å². The van der Waals surface area contributed by atoms with Crippen molar-refractivity contribution in [2.24, 2.45) is 0 Å². The molecule has 3 nitrogen and oxygen atoms in total. The van der Waals surface area contributed by atoms with E-state index in [1.165, 1.54) is 37.9 Å². The van der Waals surface area contributed by atoms with Crippen LogP contribution in [0, 0.1) is 0 Å². The van der Waals surface area contributed by atoms with Crippen LogP contribution in [0.2, 0.25) is 0 Å². The highest BCUT2D eigenvalue weighted by molar-refractivity contribution is 5.27. The van der Waals surface area contributed by atoms with Crippen LogP contribution in [0.15, 0.2) is 24.3 Å². The fraction of sp³-hybridized carbons (Fsp3) is 0.625. The Morgan fingerprint density at radius 3 is 2.74 bits per heavy atom. The van der Waals surface area contributed by atoms with Gasteiger partial charge in [-0.2, -0.15) is 0 Å². The quantitative estimate of drug-likeness (QED) is 0.900. The largest absolute Gasteiger partial charge is 0.494 e.